The van der Waals surface area contributed by atoms with E-state index in [1.165, 1.54) is 4.90 Å². The van der Waals surface area contributed by atoms with Gasteiger partial charge in [0.25, 0.3) is 0 Å². The van der Waals surface area contributed by atoms with Crippen LogP contribution < -0.4 is 16.4 Å². The fourth-order valence-electron chi connectivity index (χ4n) is 5.38. The molecule has 4 aliphatic rings. The Kier molecular flexibility index (Phi) is 4.01. The maximum atomic E-state index is 13.4. The summed E-state index contributed by atoms with van der Waals surface area (Å²) in [5, 5.41) is 5.98. The fraction of sp³-hybridized carbons (Fsp3) is 0.500. The zero-order valence-corrected chi connectivity index (χ0v) is 15.7. The molecule has 4 N–H and O–H groups in total. The number of imide groups is 1. The molecule has 1 aromatic rings. The standard InChI is InChI=1S/C20H22N4O5/c21-14(25)8-13-15-16(18(27)24(17(15)26)9-10-4-3-7-29-10)20(23-13)11-5-1-2-6-12(11)22-19(20)28/h1-2,5-6,10,13,15-16,23H,3-4,7-9H2,(H2,21,25)(H,22,28). The van der Waals surface area contributed by atoms with Crippen LogP contribution in [0.25, 0.3) is 0 Å². The third kappa shape index (κ3) is 2.47. The van der Waals surface area contributed by atoms with Gasteiger partial charge in [-0.3, -0.25) is 29.4 Å². The fourth-order valence-corrected chi connectivity index (χ4v) is 5.38. The van der Waals surface area contributed by atoms with Crippen molar-refractivity contribution in [1.29, 1.82) is 0 Å². The summed E-state index contributed by atoms with van der Waals surface area (Å²) in [5.74, 6) is -3.51. The SMILES string of the molecule is NC(=O)CC1NC2(C(=O)Nc3ccccc32)C2C(=O)N(CC3CCCO3)C(=O)C12. The molecule has 1 aromatic carbocycles. The number of hydrogen-bond acceptors (Lipinski definition) is 6. The van der Waals surface area contributed by atoms with Crippen LogP contribution in [0.1, 0.15) is 24.8 Å². The van der Waals surface area contributed by atoms with Crippen LogP contribution in [0, 0.1) is 11.8 Å². The molecule has 0 radical (unpaired) electrons. The molecule has 29 heavy (non-hydrogen) atoms. The number of nitrogens with zero attached hydrogens (tertiary/aromatic N) is 1. The molecule has 3 saturated heterocycles. The molecule has 3 fully saturated rings. The Morgan fingerprint density at radius 1 is 1.24 bits per heavy atom. The third-order valence-electron chi connectivity index (χ3n) is 6.55. The highest BCUT2D eigenvalue weighted by Gasteiger charge is 2.70. The van der Waals surface area contributed by atoms with Crippen LogP contribution in [0.15, 0.2) is 24.3 Å². The summed E-state index contributed by atoms with van der Waals surface area (Å²) < 4.78 is 5.60. The van der Waals surface area contributed by atoms with Gasteiger partial charge in [-0.2, -0.15) is 0 Å². The van der Waals surface area contributed by atoms with Gasteiger partial charge < -0.3 is 15.8 Å². The van der Waals surface area contributed by atoms with Gasteiger partial charge in [0.05, 0.1) is 24.5 Å². The lowest BCUT2D eigenvalue weighted by Gasteiger charge is -2.29. The molecule has 9 heteroatoms. The lowest BCUT2D eigenvalue weighted by atomic mass is 9.76. The number of nitrogens with two attached hydrogens (primary N) is 1. The molecule has 152 valence electrons. The lowest BCUT2D eigenvalue weighted by Crippen LogP contribution is -2.54. The zero-order chi connectivity index (χ0) is 20.3. The Morgan fingerprint density at radius 2 is 2.03 bits per heavy atom. The molecule has 4 aliphatic heterocycles. The summed E-state index contributed by atoms with van der Waals surface area (Å²) in [6.45, 7) is 0.784. The Hall–Kier alpha value is -2.78. The van der Waals surface area contributed by atoms with Crippen molar-refractivity contribution in [3.05, 3.63) is 29.8 Å². The summed E-state index contributed by atoms with van der Waals surface area (Å²) >= 11 is 0. The molecule has 4 amide bonds. The largest absolute Gasteiger partial charge is 0.376 e. The first-order chi connectivity index (χ1) is 13.9. The summed E-state index contributed by atoms with van der Waals surface area (Å²) in [6.07, 6.45) is 1.35. The summed E-state index contributed by atoms with van der Waals surface area (Å²) in [7, 11) is 0. The number of carbonyl (C=O) groups excluding carboxylic acids is 4. The van der Waals surface area contributed by atoms with Crippen molar-refractivity contribution >= 4 is 29.3 Å². The van der Waals surface area contributed by atoms with Crippen molar-refractivity contribution in [2.75, 3.05) is 18.5 Å². The molecule has 5 unspecified atom stereocenters. The maximum Gasteiger partial charge on any atom is 0.250 e. The highest BCUT2D eigenvalue weighted by molar-refractivity contribution is 6.15. The third-order valence-corrected chi connectivity index (χ3v) is 6.55. The van der Waals surface area contributed by atoms with Gasteiger partial charge in [-0.05, 0) is 18.9 Å². The number of likely N-dealkylation sites (tertiary alicyclic amines) is 1. The van der Waals surface area contributed by atoms with Crippen LogP contribution in [0.4, 0.5) is 5.69 Å². The number of hydrogen-bond donors (Lipinski definition) is 3. The topological polar surface area (TPSA) is 131 Å². The number of benzene rings is 1. The number of ether oxygens (including phenoxy) is 1. The van der Waals surface area contributed by atoms with E-state index in [4.69, 9.17) is 10.5 Å². The molecule has 4 heterocycles. The number of amides is 4. The van der Waals surface area contributed by atoms with E-state index in [1.807, 2.05) is 0 Å². The minimum Gasteiger partial charge on any atom is -0.376 e. The van der Waals surface area contributed by atoms with Crippen molar-refractivity contribution in [3.8, 4) is 0 Å². The number of carbonyl (C=O) groups is 4. The first-order valence-electron chi connectivity index (χ1n) is 9.87. The Morgan fingerprint density at radius 3 is 2.76 bits per heavy atom. The predicted octanol–water partition coefficient (Wildman–Crippen LogP) is -0.539. The van der Waals surface area contributed by atoms with Crippen LogP contribution in [-0.2, 0) is 29.5 Å². The average Bonchev–Trinajstić information content (AvgIpc) is 3.41. The molecule has 0 aliphatic carbocycles. The van der Waals surface area contributed by atoms with Crippen LogP contribution in [0.2, 0.25) is 0 Å². The molecular weight excluding hydrogens is 376 g/mol. The number of fused-ring (bicyclic) bond motifs is 4. The zero-order valence-electron chi connectivity index (χ0n) is 15.7. The second kappa shape index (κ2) is 6.36. The predicted molar refractivity (Wildman–Crippen MR) is 100 cm³/mol. The van der Waals surface area contributed by atoms with Crippen molar-refractivity contribution < 1.29 is 23.9 Å². The second-order valence-corrected chi connectivity index (χ2v) is 8.15. The van der Waals surface area contributed by atoms with Crippen LogP contribution in [0.3, 0.4) is 0 Å². The van der Waals surface area contributed by atoms with E-state index in [0.29, 0.717) is 17.9 Å². The molecule has 5 atom stereocenters. The molecule has 0 bridgehead atoms. The maximum absolute atomic E-state index is 13.4. The highest BCUT2D eigenvalue weighted by Crippen LogP contribution is 2.53. The Balaban J connectivity index is 1.58. The molecule has 0 saturated carbocycles. The van der Waals surface area contributed by atoms with E-state index in [2.05, 4.69) is 10.6 Å². The first kappa shape index (κ1) is 18.3. The van der Waals surface area contributed by atoms with Gasteiger partial charge >= 0.3 is 0 Å². The average molecular weight is 398 g/mol. The van der Waals surface area contributed by atoms with E-state index in [-0.39, 0.29) is 30.9 Å². The summed E-state index contributed by atoms with van der Waals surface area (Å²) in [4.78, 5) is 52.7. The van der Waals surface area contributed by atoms with Crippen molar-refractivity contribution in [2.45, 2.75) is 36.9 Å². The lowest BCUT2D eigenvalue weighted by molar-refractivity contribution is -0.144. The molecule has 0 aromatic heterocycles. The number of anilines is 1. The molecule has 5 rings (SSSR count). The van der Waals surface area contributed by atoms with E-state index in [9.17, 15) is 19.2 Å². The normalized spacial score (nSPS) is 35.3. The van der Waals surface area contributed by atoms with E-state index in [0.717, 1.165) is 12.8 Å². The van der Waals surface area contributed by atoms with Crippen molar-refractivity contribution in [2.24, 2.45) is 17.6 Å². The number of nitrogens with one attached hydrogen (secondary N) is 2. The minimum absolute atomic E-state index is 0.134. The van der Waals surface area contributed by atoms with E-state index >= 15 is 0 Å². The number of rotatable bonds is 4. The van der Waals surface area contributed by atoms with Crippen molar-refractivity contribution in [1.82, 2.24) is 10.2 Å². The summed E-state index contributed by atoms with van der Waals surface area (Å²) in [5.41, 5.74) is 5.24. The number of primary amides is 1. The van der Waals surface area contributed by atoms with Gasteiger partial charge in [-0.25, -0.2) is 0 Å². The second-order valence-electron chi connectivity index (χ2n) is 8.15. The van der Waals surface area contributed by atoms with Gasteiger partial charge in [0.1, 0.15) is 5.54 Å². The Labute approximate surface area is 166 Å². The van der Waals surface area contributed by atoms with E-state index in [1.54, 1.807) is 24.3 Å². The smallest absolute Gasteiger partial charge is 0.250 e. The van der Waals surface area contributed by atoms with Gasteiger partial charge in [-0.15, -0.1) is 0 Å². The van der Waals surface area contributed by atoms with Crippen LogP contribution >= 0.6 is 0 Å². The Bertz CT molecular complexity index is 927. The van der Waals surface area contributed by atoms with Gasteiger partial charge in [-0.1, -0.05) is 18.2 Å². The van der Waals surface area contributed by atoms with Gasteiger partial charge in [0, 0.05) is 30.3 Å². The van der Waals surface area contributed by atoms with Gasteiger partial charge in [0.2, 0.25) is 23.6 Å². The summed E-state index contributed by atoms with van der Waals surface area (Å²) in [6, 6.07) is 6.40. The van der Waals surface area contributed by atoms with Crippen molar-refractivity contribution in [3.63, 3.8) is 0 Å². The molecular formula is C20H22N4O5. The molecule has 1 spiro atoms. The van der Waals surface area contributed by atoms with Gasteiger partial charge in [0.15, 0.2) is 0 Å². The quantitative estimate of drug-likeness (QED) is 0.584. The monoisotopic (exact) mass is 398 g/mol. The highest BCUT2D eigenvalue weighted by atomic mass is 16.5. The van der Waals surface area contributed by atoms with Crippen LogP contribution in [0.5, 0.6) is 0 Å². The van der Waals surface area contributed by atoms with E-state index < -0.39 is 35.2 Å². The molecule has 9 nitrogen and oxygen atoms in total. The van der Waals surface area contributed by atoms with Crippen LogP contribution in [-0.4, -0.2) is 53.8 Å². The number of para-hydroxylation sites is 1. The minimum atomic E-state index is -1.39. The first-order valence-corrected chi connectivity index (χ1v) is 9.87.